The number of carbonyl (C=O) groups is 1. The Morgan fingerprint density at radius 1 is 1.56 bits per heavy atom. The Kier molecular flexibility index (Phi) is 4.31. The van der Waals surface area contributed by atoms with Crippen LogP contribution in [0.2, 0.25) is 0 Å². The maximum Gasteiger partial charge on any atom is 0.308 e. The fraction of sp³-hybridized carbons (Fsp3) is 0.417. The van der Waals surface area contributed by atoms with E-state index in [0.717, 1.165) is 18.4 Å². The zero-order valence-corrected chi connectivity index (χ0v) is 9.56. The van der Waals surface area contributed by atoms with Gasteiger partial charge in [0, 0.05) is 13.0 Å². The molecule has 0 fully saturated rings. The van der Waals surface area contributed by atoms with Gasteiger partial charge in [-0.05, 0) is 24.1 Å². The summed E-state index contributed by atoms with van der Waals surface area (Å²) < 4.78 is 4.81. The van der Waals surface area contributed by atoms with E-state index in [1.54, 1.807) is 18.2 Å². The third-order valence-corrected chi connectivity index (χ3v) is 2.26. The molecule has 0 aliphatic rings. The maximum absolute atomic E-state index is 10.7. The minimum Gasteiger partial charge on any atom is -0.504 e. The summed E-state index contributed by atoms with van der Waals surface area (Å²) in [6, 6.07) is 4.76. The van der Waals surface area contributed by atoms with Crippen LogP contribution in [0, 0.1) is 0 Å². The van der Waals surface area contributed by atoms with Crippen molar-refractivity contribution in [1.29, 1.82) is 0 Å². The first kappa shape index (κ1) is 12.5. The number of carbonyl (C=O) groups excluding carboxylic acids is 1. The minimum atomic E-state index is -0.457. The predicted octanol–water partition coefficient (Wildman–Crippen LogP) is 2.12. The van der Waals surface area contributed by atoms with E-state index < -0.39 is 5.97 Å². The Balaban J connectivity index is 2.85. The first-order valence-electron chi connectivity index (χ1n) is 5.31. The summed E-state index contributed by atoms with van der Waals surface area (Å²) in [5.41, 5.74) is 6.75. The molecule has 0 amide bonds. The predicted molar refractivity (Wildman–Crippen MR) is 61.3 cm³/mol. The molecule has 1 aromatic carbocycles. The average molecular weight is 223 g/mol. The molecule has 0 bridgehead atoms. The van der Waals surface area contributed by atoms with Crippen molar-refractivity contribution in [2.75, 3.05) is 0 Å². The van der Waals surface area contributed by atoms with Crippen molar-refractivity contribution in [3.05, 3.63) is 23.8 Å². The highest BCUT2D eigenvalue weighted by atomic mass is 16.5. The molecule has 3 N–H and O–H groups in total. The van der Waals surface area contributed by atoms with Crippen LogP contribution in [0.15, 0.2) is 18.2 Å². The van der Waals surface area contributed by atoms with Crippen LogP contribution in [-0.4, -0.2) is 11.1 Å². The number of rotatable bonds is 4. The molecule has 0 heterocycles. The summed E-state index contributed by atoms with van der Waals surface area (Å²) in [5.74, 6) is -0.347. The van der Waals surface area contributed by atoms with Crippen molar-refractivity contribution >= 4 is 5.97 Å². The standard InChI is InChI=1S/C12H17NO3/c1-3-4-10(13)9-5-6-12(11(15)7-9)16-8(2)14/h5-7,10,15H,3-4,13H2,1-2H3/t10-/m1/s1. The third-order valence-electron chi connectivity index (χ3n) is 2.26. The second-order valence-corrected chi connectivity index (χ2v) is 3.72. The fourth-order valence-corrected chi connectivity index (χ4v) is 1.48. The van der Waals surface area contributed by atoms with Gasteiger partial charge >= 0.3 is 5.97 Å². The van der Waals surface area contributed by atoms with Gasteiger partial charge in [0.1, 0.15) is 0 Å². The van der Waals surface area contributed by atoms with E-state index in [1.165, 1.54) is 6.92 Å². The average Bonchev–Trinajstić information content (AvgIpc) is 2.20. The van der Waals surface area contributed by atoms with Crippen LogP contribution in [0.3, 0.4) is 0 Å². The van der Waals surface area contributed by atoms with Crippen molar-refractivity contribution in [3.8, 4) is 11.5 Å². The highest BCUT2D eigenvalue weighted by Crippen LogP contribution is 2.29. The third kappa shape index (κ3) is 3.24. The number of nitrogens with two attached hydrogens (primary N) is 1. The molecule has 0 aliphatic carbocycles. The summed E-state index contributed by atoms with van der Waals surface area (Å²) in [5, 5.41) is 9.62. The van der Waals surface area contributed by atoms with Crippen molar-refractivity contribution in [1.82, 2.24) is 0 Å². The van der Waals surface area contributed by atoms with Gasteiger partial charge in [0.15, 0.2) is 11.5 Å². The molecule has 0 saturated carbocycles. The molecule has 88 valence electrons. The van der Waals surface area contributed by atoms with Crippen LogP contribution in [0.4, 0.5) is 0 Å². The van der Waals surface area contributed by atoms with Gasteiger partial charge in [-0.2, -0.15) is 0 Å². The van der Waals surface area contributed by atoms with Crippen molar-refractivity contribution < 1.29 is 14.6 Å². The molecule has 0 radical (unpaired) electrons. The van der Waals surface area contributed by atoms with E-state index >= 15 is 0 Å². The van der Waals surface area contributed by atoms with Gasteiger partial charge in [-0.25, -0.2) is 0 Å². The lowest BCUT2D eigenvalue weighted by atomic mass is 10.0. The molecule has 0 saturated heterocycles. The van der Waals surface area contributed by atoms with Crippen LogP contribution >= 0.6 is 0 Å². The molecule has 0 aromatic heterocycles. The number of benzene rings is 1. The normalized spacial score (nSPS) is 12.2. The molecule has 1 atom stereocenters. The van der Waals surface area contributed by atoms with Crippen LogP contribution in [0.1, 0.15) is 38.3 Å². The Hall–Kier alpha value is -1.55. The van der Waals surface area contributed by atoms with Crippen molar-refractivity contribution in [3.63, 3.8) is 0 Å². The summed E-state index contributed by atoms with van der Waals surface area (Å²) in [6.07, 6.45) is 1.83. The lowest BCUT2D eigenvalue weighted by molar-refractivity contribution is -0.132. The maximum atomic E-state index is 10.7. The zero-order chi connectivity index (χ0) is 12.1. The lowest BCUT2D eigenvalue weighted by Crippen LogP contribution is -2.09. The summed E-state index contributed by atoms with van der Waals surface area (Å²) in [6.45, 7) is 3.34. The largest absolute Gasteiger partial charge is 0.504 e. The Morgan fingerprint density at radius 2 is 2.25 bits per heavy atom. The molecule has 0 spiro atoms. The number of phenolic OH excluding ortho intramolecular Hbond substituents is 1. The molecule has 4 heteroatoms. The first-order valence-corrected chi connectivity index (χ1v) is 5.31. The molecule has 0 unspecified atom stereocenters. The van der Waals surface area contributed by atoms with E-state index in [1.807, 2.05) is 6.92 Å². The number of ether oxygens (including phenoxy) is 1. The topological polar surface area (TPSA) is 72.5 Å². The van der Waals surface area contributed by atoms with E-state index in [4.69, 9.17) is 10.5 Å². The van der Waals surface area contributed by atoms with Gasteiger partial charge in [0.05, 0.1) is 0 Å². The van der Waals surface area contributed by atoms with Gasteiger partial charge in [-0.15, -0.1) is 0 Å². The lowest BCUT2D eigenvalue weighted by Gasteiger charge is -2.12. The van der Waals surface area contributed by atoms with Gasteiger partial charge < -0.3 is 15.6 Å². The molecule has 1 rings (SSSR count). The smallest absolute Gasteiger partial charge is 0.308 e. The Labute approximate surface area is 95.0 Å². The summed E-state index contributed by atoms with van der Waals surface area (Å²) in [4.78, 5) is 10.7. The Morgan fingerprint density at radius 3 is 2.75 bits per heavy atom. The zero-order valence-electron chi connectivity index (χ0n) is 9.56. The summed E-state index contributed by atoms with van der Waals surface area (Å²) in [7, 11) is 0. The highest BCUT2D eigenvalue weighted by Gasteiger charge is 2.10. The highest BCUT2D eigenvalue weighted by molar-refractivity contribution is 5.70. The van der Waals surface area contributed by atoms with E-state index in [0.29, 0.717) is 0 Å². The van der Waals surface area contributed by atoms with Crippen molar-refractivity contribution in [2.45, 2.75) is 32.7 Å². The van der Waals surface area contributed by atoms with Gasteiger partial charge in [0.2, 0.25) is 0 Å². The van der Waals surface area contributed by atoms with Crippen LogP contribution < -0.4 is 10.5 Å². The molecular weight excluding hydrogens is 206 g/mol. The van der Waals surface area contributed by atoms with Crippen molar-refractivity contribution in [2.24, 2.45) is 5.73 Å². The molecule has 1 aromatic rings. The van der Waals surface area contributed by atoms with Gasteiger partial charge in [-0.1, -0.05) is 19.4 Å². The van der Waals surface area contributed by atoms with E-state index in [9.17, 15) is 9.90 Å². The number of phenols is 1. The number of aromatic hydroxyl groups is 1. The molecular formula is C12H17NO3. The number of hydrogen-bond donors (Lipinski definition) is 2. The molecule has 4 nitrogen and oxygen atoms in total. The van der Waals surface area contributed by atoms with Crippen LogP contribution in [-0.2, 0) is 4.79 Å². The Bertz CT molecular complexity index is 377. The van der Waals surface area contributed by atoms with E-state index in [2.05, 4.69) is 0 Å². The number of esters is 1. The second-order valence-electron chi connectivity index (χ2n) is 3.72. The van der Waals surface area contributed by atoms with Crippen LogP contribution in [0.25, 0.3) is 0 Å². The molecule has 16 heavy (non-hydrogen) atoms. The quantitative estimate of drug-likeness (QED) is 0.605. The molecule has 0 aliphatic heterocycles. The number of hydrogen-bond acceptors (Lipinski definition) is 4. The van der Waals surface area contributed by atoms with Gasteiger partial charge in [0.25, 0.3) is 0 Å². The first-order chi connectivity index (χ1) is 7.54. The fourth-order valence-electron chi connectivity index (χ4n) is 1.48. The van der Waals surface area contributed by atoms with E-state index in [-0.39, 0.29) is 17.5 Å². The summed E-state index contributed by atoms with van der Waals surface area (Å²) >= 11 is 0. The second kappa shape index (κ2) is 5.51. The SMILES string of the molecule is CCC[C@@H](N)c1ccc(OC(C)=O)c(O)c1. The minimum absolute atomic E-state index is 0.0562. The van der Waals surface area contributed by atoms with Crippen LogP contribution in [0.5, 0.6) is 11.5 Å². The van der Waals surface area contributed by atoms with Gasteiger partial charge in [-0.3, -0.25) is 4.79 Å². The monoisotopic (exact) mass is 223 g/mol.